The van der Waals surface area contributed by atoms with Gasteiger partial charge in [-0.3, -0.25) is 4.79 Å². The van der Waals surface area contributed by atoms with Crippen molar-refractivity contribution in [3.05, 3.63) is 101 Å². The molecule has 6 rings (SSSR count). The van der Waals surface area contributed by atoms with Crippen molar-refractivity contribution < 1.29 is 13.9 Å². The summed E-state index contributed by atoms with van der Waals surface area (Å²) >= 11 is 0. The fourth-order valence-electron chi connectivity index (χ4n) is 6.16. The Morgan fingerprint density at radius 2 is 1.94 bits per heavy atom. The van der Waals surface area contributed by atoms with Gasteiger partial charge >= 0.3 is 0 Å². The lowest BCUT2D eigenvalue weighted by atomic mass is 9.58. The van der Waals surface area contributed by atoms with Crippen LogP contribution in [0.5, 0.6) is 5.75 Å². The molecule has 1 N–H and O–H groups in total. The summed E-state index contributed by atoms with van der Waals surface area (Å²) in [5, 5.41) is 1.09. The fraction of sp³-hybridized carbons (Fsp3) is 0.276. The summed E-state index contributed by atoms with van der Waals surface area (Å²) in [6.45, 7) is 1.39. The maximum Gasteiger partial charge on any atom is 0.253 e. The minimum absolute atomic E-state index is 0.0895. The topological polar surface area (TPSA) is 45.3 Å². The highest BCUT2D eigenvalue weighted by Crippen LogP contribution is 2.49. The van der Waals surface area contributed by atoms with Crippen molar-refractivity contribution in [1.82, 2.24) is 9.88 Å². The number of amides is 1. The Bertz CT molecular complexity index is 1380. The number of halogens is 1. The molecule has 2 heterocycles. The third-order valence-corrected chi connectivity index (χ3v) is 7.90. The number of carbonyl (C=O) groups is 1. The molecule has 34 heavy (non-hydrogen) atoms. The van der Waals surface area contributed by atoms with Gasteiger partial charge in [0, 0.05) is 40.7 Å². The molecule has 0 saturated carbocycles. The molecular weight excluding hydrogens is 427 g/mol. The van der Waals surface area contributed by atoms with Crippen LogP contribution in [0.4, 0.5) is 4.39 Å². The number of aromatic nitrogens is 1. The monoisotopic (exact) mass is 454 g/mol. The van der Waals surface area contributed by atoms with Gasteiger partial charge in [0.2, 0.25) is 0 Å². The van der Waals surface area contributed by atoms with E-state index in [9.17, 15) is 9.18 Å². The number of benzene rings is 3. The molecule has 0 radical (unpaired) electrons. The number of H-pyrrole nitrogens is 1. The lowest BCUT2D eigenvalue weighted by Gasteiger charge is -2.51. The maximum atomic E-state index is 13.9. The van der Waals surface area contributed by atoms with Gasteiger partial charge in [0.05, 0.1) is 7.11 Å². The average molecular weight is 455 g/mol. The summed E-state index contributed by atoms with van der Waals surface area (Å²) in [6.07, 6.45) is 2.55. The summed E-state index contributed by atoms with van der Waals surface area (Å²) in [6, 6.07) is 22.9. The Kier molecular flexibility index (Phi) is 4.94. The number of fused-ring (bicyclic) bond motifs is 4. The van der Waals surface area contributed by atoms with Gasteiger partial charge in [-0.15, -0.1) is 0 Å². The molecule has 0 bridgehead atoms. The first kappa shape index (κ1) is 21.0. The molecule has 1 amide bonds. The number of rotatable bonds is 3. The van der Waals surface area contributed by atoms with E-state index in [2.05, 4.69) is 23.2 Å². The zero-order chi connectivity index (χ0) is 23.3. The third-order valence-electron chi connectivity index (χ3n) is 7.90. The van der Waals surface area contributed by atoms with Crippen molar-refractivity contribution in [2.24, 2.45) is 5.92 Å². The molecule has 4 aromatic rings. The van der Waals surface area contributed by atoms with E-state index < -0.39 is 0 Å². The van der Waals surface area contributed by atoms with Crippen LogP contribution in [0.25, 0.3) is 10.9 Å². The zero-order valence-electron chi connectivity index (χ0n) is 19.2. The van der Waals surface area contributed by atoms with E-state index in [0.29, 0.717) is 13.1 Å². The summed E-state index contributed by atoms with van der Waals surface area (Å²) in [5.41, 5.74) is 5.15. The third kappa shape index (κ3) is 3.30. The molecule has 1 saturated heterocycles. The van der Waals surface area contributed by atoms with Crippen molar-refractivity contribution in [1.29, 1.82) is 0 Å². The number of nitrogens with zero attached hydrogens (tertiary/aromatic N) is 1. The molecule has 1 aliphatic carbocycles. The number of hydrogen-bond donors (Lipinski definition) is 1. The molecule has 1 aliphatic heterocycles. The quantitative estimate of drug-likeness (QED) is 0.443. The van der Waals surface area contributed by atoms with E-state index in [1.54, 1.807) is 13.2 Å². The summed E-state index contributed by atoms with van der Waals surface area (Å²) in [5.74, 6) is 0.952. The van der Waals surface area contributed by atoms with Crippen molar-refractivity contribution in [3.63, 3.8) is 0 Å². The number of hydrogen-bond acceptors (Lipinski definition) is 2. The predicted octanol–water partition coefficient (Wildman–Crippen LogP) is 5.51. The van der Waals surface area contributed by atoms with Crippen LogP contribution in [-0.2, 0) is 18.3 Å². The van der Waals surface area contributed by atoms with Crippen LogP contribution in [0.2, 0.25) is 0 Å². The predicted molar refractivity (Wildman–Crippen MR) is 131 cm³/mol. The molecule has 172 valence electrons. The summed E-state index contributed by atoms with van der Waals surface area (Å²) in [7, 11) is 1.70. The number of likely N-dealkylation sites (tertiary alicyclic amines) is 1. The summed E-state index contributed by atoms with van der Waals surface area (Å²) in [4.78, 5) is 18.9. The first-order valence-electron chi connectivity index (χ1n) is 11.9. The molecule has 0 spiro atoms. The molecule has 2 atom stereocenters. The minimum Gasteiger partial charge on any atom is -0.497 e. The van der Waals surface area contributed by atoms with Gasteiger partial charge in [-0.1, -0.05) is 30.3 Å². The number of ether oxygens (including phenoxy) is 1. The number of aromatic amines is 1. The molecule has 2 aliphatic rings. The van der Waals surface area contributed by atoms with Gasteiger partial charge in [0.1, 0.15) is 11.6 Å². The second-order valence-electron chi connectivity index (χ2n) is 9.61. The Hall–Kier alpha value is -3.60. The van der Waals surface area contributed by atoms with Gasteiger partial charge < -0.3 is 14.6 Å². The van der Waals surface area contributed by atoms with Gasteiger partial charge in [0.25, 0.3) is 5.91 Å². The molecule has 4 nitrogen and oxygen atoms in total. The van der Waals surface area contributed by atoms with Gasteiger partial charge in [-0.2, -0.15) is 0 Å². The standard InChI is InChI=1S/C29H27FN2O2/c1-34-23-9-5-8-20(14-23)29-12-13-32(28(33)19-6-3-2-4-7-19)18-21(29)15-25-24-11-10-22(30)16-26(24)31-27(25)17-29/h2-11,14,16,21,31H,12-13,15,17-18H2,1H3/t21?,29-/m1/s1. The van der Waals surface area contributed by atoms with Crippen molar-refractivity contribution in [3.8, 4) is 5.75 Å². The Morgan fingerprint density at radius 3 is 2.76 bits per heavy atom. The van der Waals surface area contributed by atoms with E-state index >= 15 is 0 Å². The van der Waals surface area contributed by atoms with E-state index in [0.717, 1.165) is 41.5 Å². The molecule has 1 aromatic heterocycles. The van der Waals surface area contributed by atoms with Crippen LogP contribution in [0, 0.1) is 11.7 Å². The normalized spacial score (nSPS) is 21.7. The largest absolute Gasteiger partial charge is 0.497 e. The van der Waals surface area contributed by atoms with Gasteiger partial charge in [-0.25, -0.2) is 4.39 Å². The highest BCUT2D eigenvalue weighted by atomic mass is 19.1. The zero-order valence-corrected chi connectivity index (χ0v) is 19.2. The molecular formula is C29H27FN2O2. The van der Waals surface area contributed by atoms with E-state index in [1.165, 1.54) is 22.9 Å². The fourth-order valence-corrected chi connectivity index (χ4v) is 6.16. The molecule has 1 fully saturated rings. The first-order chi connectivity index (χ1) is 16.6. The van der Waals surface area contributed by atoms with Crippen molar-refractivity contribution in [2.75, 3.05) is 20.2 Å². The van der Waals surface area contributed by atoms with Gasteiger partial charge in [-0.05, 0) is 78.8 Å². The SMILES string of the molecule is COc1cccc([C@]23CCN(C(=O)c4ccccc4)CC2Cc2c([nH]c4cc(F)ccc24)C3)c1. The first-order valence-corrected chi connectivity index (χ1v) is 11.9. The van der Waals surface area contributed by atoms with E-state index in [1.807, 2.05) is 47.4 Å². The van der Waals surface area contributed by atoms with E-state index in [4.69, 9.17) is 4.74 Å². The molecule has 5 heteroatoms. The highest BCUT2D eigenvalue weighted by Gasteiger charge is 2.49. The molecule has 1 unspecified atom stereocenters. The second-order valence-corrected chi connectivity index (χ2v) is 9.61. The van der Waals surface area contributed by atoms with E-state index in [-0.39, 0.29) is 23.1 Å². The number of nitrogens with one attached hydrogen (secondary N) is 1. The Morgan fingerprint density at radius 1 is 1.09 bits per heavy atom. The smallest absolute Gasteiger partial charge is 0.253 e. The van der Waals surface area contributed by atoms with Crippen LogP contribution < -0.4 is 4.74 Å². The lowest BCUT2D eigenvalue weighted by molar-refractivity contribution is 0.0501. The highest BCUT2D eigenvalue weighted by molar-refractivity contribution is 5.94. The summed E-state index contributed by atoms with van der Waals surface area (Å²) < 4.78 is 19.5. The maximum absolute atomic E-state index is 13.9. The number of carbonyl (C=O) groups excluding carboxylic acids is 1. The Labute approximate surface area is 198 Å². The lowest BCUT2D eigenvalue weighted by Crippen LogP contribution is -2.55. The second kappa shape index (κ2) is 8.01. The number of methoxy groups -OCH3 is 1. The van der Waals surface area contributed by atoms with Crippen molar-refractivity contribution >= 4 is 16.8 Å². The van der Waals surface area contributed by atoms with Crippen LogP contribution in [0.3, 0.4) is 0 Å². The van der Waals surface area contributed by atoms with Crippen molar-refractivity contribution in [2.45, 2.75) is 24.7 Å². The Balaban J connectivity index is 1.43. The van der Waals surface area contributed by atoms with Crippen LogP contribution >= 0.6 is 0 Å². The van der Waals surface area contributed by atoms with Gasteiger partial charge in [0.15, 0.2) is 0 Å². The molecule has 3 aromatic carbocycles. The number of piperidine rings is 1. The average Bonchev–Trinajstić information content (AvgIpc) is 3.22. The van der Waals surface area contributed by atoms with Crippen LogP contribution in [-0.4, -0.2) is 36.0 Å². The van der Waals surface area contributed by atoms with Crippen LogP contribution in [0.1, 0.15) is 33.6 Å². The van der Waals surface area contributed by atoms with Crippen LogP contribution in [0.15, 0.2) is 72.8 Å². The minimum atomic E-state index is -0.231.